The van der Waals surface area contributed by atoms with Crippen LogP contribution in [0.1, 0.15) is 0 Å². The molecule has 2 N–H and O–H groups in total. The zero-order valence-electron chi connectivity index (χ0n) is 5.91. The Kier molecular flexibility index (Phi) is 3.56. The highest BCUT2D eigenvalue weighted by Crippen LogP contribution is 2.03. The SMILES string of the molecule is C=CC(N=C=O)C(=C)C(N)=O. The zero-order valence-corrected chi connectivity index (χ0v) is 5.91. The summed E-state index contributed by atoms with van der Waals surface area (Å²) >= 11 is 0. The molecule has 0 spiro atoms. The Hall–Kier alpha value is -1.67. The van der Waals surface area contributed by atoms with Crippen LogP contribution in [0.2, 0.25) is 0 Å². The maximum Gasteiger partial charge on any atom is 0.246 e. The maximum atomic E-state index is 10.5. The van der Waals surface area contributed by atoms with Gasteiger partial charge in [-0.3, -0.25) is 4.79 Å². The summed E-state index contributed by atoms with van der Waals surface area (Å²) in [6, 6.07) is -0.745. The molecule has 0 aromatic carbocycles. The number of amides is 1. The average Bonchev–Trinajstić information content (AvgIpc) is 1.98. The van der Waals surface area contributed by atoms with Crippen molar-refractivity contribution in [3.05, 3.63) is 24.8 Å². The number of rotatable bonds is 4. The summed E-state index contributed by atoms with van der Waals surface area (Å²) < 4.78 is 0. The van der Waals surface area contributed by atoms with E-state index in [0.29, 0.717) is 0 Å². The quantitative estimate of drug-likeness (QED) is 0.265. The molecular formula is C7H8N2O2. The summed E-state index contributed by atoms with van der Waals surface area (Å²) in [5.41, 5.74) is 4.90. The molecule has 0 bridgehead atoms. The van der Waals surface area contributed by atoms with Crippen LogP contribution in [0.5, 0.6) is 0 Å². The minimum Gasteiger partial charge on any atom is -0.366 e. The van der Waals surface area contributed by atoms with Gasteiger partial charge in [-0.15, -0.1) is 6.58 Å². The minimum atomic E-state index is -0.745. The molecule has 4 heteroatoms. The summed E-state index contributed by atoms with van der Waals surface area (Å²) in [4.78, 5) is 23.5. The van der Waals surface area contributed by atoms with Gasteiger partial charge in [-0.05, 0) is 0 Å². The van der Waals surface area contributed by atoms with Crippen LogP contribution in [-0.4, -0.2) is 18.0 Å². The van der Waals surface area contributed by atoms with Gasteiger partial charge >= 0.3 is 0 Å². The molecule has 1 amide bonds. The number of aliphatic imine (C=N–C) groups is 1. The van der Waals surface area contributed by atoms with Gasteiger partial charge in [0.05, 0.1) is 0 Å². The smallest absolute Gasteiger partial charge is 0.246 e. The lowest BCUT2D eigenvalue weighted by molar-refractivity contribution is -0.114. The topological polar surface area (TPSA) is 72.5 Å². The highest BCUT2D eigenvalue weighted by molar-refractivity contribution is 5.93. The second kappa shape index (κ2) is 4.19. The van der Waals surface area contributed by atoms with Gasteiger partial charge in [-0.2, -0.15) is 4.99 Å². The van der Waals surface area contributed by atoms with E-state index in [1.54, 1.807) is 0 Å². The van der Waals surface area contributed by atoms with Gasteiger partial charge in [0.1, 0.15) is 6.04 Å². The number of primary amides is 1. The predicted molar refractivity (Wildman–Crippen MR) is 40.4 cm³/mol. The van der Waals surface area contributed by atoms with Gasteiger partial charge < -0.3 is 5.73 Å². The van der Waals surface area contributed by atoms with E-state index < -0.39 is 11.9 Å². The molecule has 0 fully saturated rings. The first kappa shape index (κ1) is 9.33. The Balaban J connectivity index is 4.50. The average molecular weight is 152 g/mol. The lowest BCUT2D eigenvalue weighted by Crippen LogP contribution is -2.20. The van der Waals surface area contributed by atoms with E-state index in [9.17, 15) is 9.59 Å². The van der Waals surface area contributed by atoms with E-state index >= 15 is 0 Å². The molecule has 0 aliphatic heterocycles. The van der Waals surface area contributed by atoms with Crippen molar-refractivity contribution in [3.63, 3.8) is 0 Å². The predicted octanol–water partition coefficient (Wildman–Crippen LogP) is -0.0817. The highest BCUT2D eigenvalue weighted by atomic mass is 16.1. The van der Waals surface area contributed by atoms with Crippen molar-refractivity contribution < 1.29 is 9.59 Å². The Morgan fingerprint density at radius 2 is 2.27 bits per heavy atom. The van der Waals surface area contributed by atoms with E-state index in [1.807, 2.05) is 0 Å². The van der Waals surface area contributed by atoms with Gasteiger partial charge in [0.2, 0.25) is 12.0 Å². The fraction of sp³-hybridized carbons (Fsp3) is 0.143. The summed E-state index contributed by atoms with van der Waals surface area (Å²) in [5, 5.41) is 0. The van der Waals surface area contributed by atoms with Gasteiger partial charge in [0.15, 0.2) is 0 Å². The van der Waals surface area contributed by atoms with Crippen LogP contribution in [0.25, 0.3) is 0 Å². The fourth-order valence-corrected chi connectivity index (χ4v) is 0.475. The molecule has 0 saturated carbocycles. The van der Waals surface area contributed by atoms with Gasteiger partial charge in [0.25, 0.3) is 0 Å². The van der Waals surface area contributed by atoms with Crippen molar-refractivity contribution in [2.75, 3.05) is 0 Å². The van der Waals surface area contributed by atoms with Gasteiger partial charge in [-0.1, -0.05) is 12.7 Å². The fourth-order valence-electron chi connectivity index (χ4n) is 0.475. The second-order valence-corrected chi connectivity index (χ2v) is 1.79. The number of carbonyl (C=O) groups is 1. The number of isocyanates is 1. The van der Waals surface area contributed by atoms with Crippen molar-refractivity contribution in [1.29, 1.82) is 0 Å². The molecule has 58 valence electrons. The number of hydrogen-bond acceptors (Lipinski definition) is 3. The standard InChI is InChI=1S/C7H8N2O2/c1-3-6(9-4-10)5(2)7(8)11/h3,6H,1-2H2,(H2,8,11). The van der Waals surface area contributed by atoms with Crippen LogP contribution in [0, 0.1) is 0 Å². The van der Waals surface area contributed by atoms with Gasteiger partial charge in [-0.25, -0.2) is 4.79 Å². The molecule has 0 saturated heterocycles. The molecule has 0 aromatic heterocycles. The van der Waals surface area contributed by atoms with E-state index in [2.05, 4.69) is 18.2 Å². The molecule has 0 aliphatic carbocycles. The lowest BCUT2D eigenvalue weighted by atomic mass is 10.1. The van der Waals surface area contributed by atoms with E-state index in [-0.39, 0.29) is 5.57 Å². The highest BCUT2D eigenvalue weighted by Gasteiger charge is 2.11. The molecule has 0 radical (unpaired) electrons. The second-order valence-electron chi connectivity index (χ2n) is 1.79. The van der Waals surface area contributed by atoms with E-state index in [0.717, 1.165) is 0 Å². The summed E-state index contributed by atoms with van der Waals surface area (Å²) in [7, 11) is 0. The Labute approximate surface area is 64.1 Å². The van der Waals surface area contributed by atoms with Crippen molar-refractivity contribution in [2.45, 2.75) is 6.04 Å². The number of nitrogens with two attached hydrogens (primary N) is 1. The van der Waals surface area contributed by atoms with E-state index in [4.69, 9.17) is 5.73 Å². The maximum absolute atomic E-state index is 10.5. The largest absolute Gasteiger partial charge is 0.366 e. The Bertz CT molecular complexity index is 239. The molecule has 4 nitrogen and oxygen atoms in total. The first-order chi connectivity index (χ1) is 5.13. The molecule has 1 atom stereocenters. The van der Waals surface area contributed by atoms with Crippen molar-refractivity contribution in [2.24, 2.45) is 10.7 Å². The monoisotopic (exact) mass is 152 g/mol. The van der Waals surface area contributed by atoms with Crippen LogP contribution in [0.15, 0.2) is 29.8 Å². The van der Waals surface area contributed by atoms with Crippen LogP contribution in [0.3, 0.4) is 0 Å². The Morgan fingerprint density at radius 1 is 1.73 bits per heavy atom. The Morgan fingerprint density at radius 3 is 2.55 bits per heavy atom. The normalized spacial score (nSPS) is 10.9. The third-order valence-corrected chi connectivity index (χ3v) is 1.09. The van der Waals surface area contributed by atoms with Crippen molar-refractivity contribution >= 4 is 12.0 Å². The number of carbonyl (C=O) groups excluding carboxylic acids is 2. The first-order valence-electron chi connectivity index (χ1n) is 2.81. The first-order valence-corrected chi connectivity index (χ1v) is 2.81. The van der Waals surface area contributed by atoms with Crippen LogP contribution in [-0.2, 0) is 9.59 Å². The van der Waals surface area contributed by atoms with E-state index in [1.165, 1.54) is 12.2 Å². The minimum absolute atomic E-state index is 0.0309. The van der Waals surface area contributed by atoms with Crippen molar-refractivity contribution in [1.82, 2.24) is 0 Å². The molecule has 11 heavy (non-hydrogen) atoms. The summed E-state index contributed by atoms with van der Waals surface area (Å²) in [5.74, 6) is -0.700. The molecule has 0 heterocycles. The van der Waals surface area contributed by atoms with Crippen molar-refractivity contribution in [3.8, 4) is 0 Å². The number of nitrogens with zero attached hydrogens (tertiary/aromatic N) is 1. The third-order valence-electron chi connectivity index (χ3n) is 1.09. The van der Waals surface area contributed by atoms with Crippen LogP contribution in [0.4, 0.5) is 0 Å². The molecule has 0 aliphatic rings. The number of hydrogen-bond donors (Lipinski definition) is 1. The summed E-state index contributed by atoms with van der Waals surface area (Å²) in [6.07, 6.45) is 2.58. The molecule has 0 aromatic rings. The van der Waals surface area contributed by atoms with Crippen LogP contribution >= 0.6 is 0 Å². The lowest BCUT2D eigenvalue weighted by Gasteiger charge is -2.03. The molecule has 0 rings (SSSR count). The zero-order chi connectivity index (χ0) is 8.85. The van der Waals surface area contributed by atoms with Gasteiger partial charge in [0, 0.05) is 5.57 Å². The third kappa shape index (κ3) is 2.60. The van der Waals surface area contributed by atoms with Crippen LogP contribution < -0.4 is 5.73 Å². The molecular weight excluding hydrogens is 144 g/mol. The summed E-state index contributed by atoms with van der Waals surface area (Å²) in [6.45, 7) is 6.67. The molecule has 1 unspecified atom stereocenters.